The maximum absolute atomic E-state index is 13.6. The van der Waals surface area contributed by atoms with Crippen molar-refractivity contribution in [2.24, 2.45) is 5.73 Å². The Kier molecular flexibility index (Phi) is 5.55. The van der Waals surface area contributed by atoms with Crippen LogP contribution in [0.1, 0.15) is 29.5 Å². The third-order valence-corrected chi connectivity index (χ3v) is 3.19. The molecule has 22 heavy (non-hydrogen) atoms. The van der Waals surface area contributed by atoms with Gasteiger partial charge in [0, 0.05) is 0 Å². The van der Waals surface area contributed by atoms with Crippen LogP contribution in [-0.4, -0.2) is 18.6 Å². The summed E-state index contributed by atoms with van der Waals surface area (Å²) in [6, 6.07) is 7.78. The zero-order chi connectivity index (χ0) is 15.9. The van der Waals surface area contributed by atoms with Gasteiger partial charge in [-0.3, -0.25) is 4.79 Å². The van der Waals surface area contributed by atoms with Crippen LogP contribution in [0.4, 0.5) is 4.39 Å². The Morgan fingerprint density at radius 1 is 1.45 bits per heavy atom. The Morgan fingerprint density at radius 3 is 2.86 bits per heavy atom. The van der Waals surface area contributed by atoms with E-state index < -0.39 is 5.82 Å². The van der Waals surface area contributed by atoms with Crippen LogP contribution in [0.2, 0.25) is 0 Å². The van der Waals surface area contributed by atoms with Gasteiger partial charge >= 0.3 is 0 Å². The molecule has 0 aliphatic heterocycles. The minimum atomic E-state index is -0.422. The van der Waals surface area contributed by atoms with Crippen LogP contribution >= 0.6 is 0 Å². The molecule has 1 heterocycles. The second-order valence-electron chi connectivity index (χ2n) is 4.79. The lowest BCUT2D eigenvalue weighted by Crippen LogP contribution is -2.35. The van der Waals surface area contributed by atoms with Gasteiger partial charge in [-0.1, -0.05) is 19.1 Å². The zero-order valence-electron chi connectivity index (χ0n) is 12.3. The quantitative estimate of drug-likeness (QED) is 0.824. The van der Waals surface area contributed by atoms with E-state index in [0.717, 1.165) is 0 Å². The highest BCUT2D eigenvalue weighted by Crippen LogP contribution is 2.17. The Morgan fingerprint density at radius 2 is 2.23 bits per heavy atom. The van der Waals surface area contributed by atoms with Gasteiger partial charge in [-0.25, -0.2) is 4.39 Å². The average molecular weight is 306 g/mol. The summed E-state index contributed by atoms with van der Waals surface area (Å²) in [4.78, 5) is 12.0. The molecule has 2 aromatic rings. The first-order chi connectivity index (χ1) is 10.6. The highest BCUT2D eigenvalue weighted by molar-refractivity contribution is 5.93. The lowest BCUT2D eigenvalue weighted by Gasteiger charge is -2.18. The fourth-order valence-corrected chi connectivity index (χ4v) is 1.90. The van der Waals surface area contributed by atoms with Gasteiger partial charge in [0.25, 0.3) is 5.91 Å². The number of ether oxygens (including phenoxy) is 1. The van der Waals surface area contributed by atoms with E-state index in [1.54, 1.807) is 24.3 Å². The molecule has 0 radical (unpaired) electrons. The van der Waals surface area contributed by atoms with E-state index in [-0.39, 0.29) is 30.9 Å². The van der Waals surface area contributed by atoms with Gasteiger partial charge in [0.2, 0.25) is 0 Å². The van der Waals surface area contributed by atoms with Crippen LogP contribution < -0.4 is 15.8 Å². The molecule has 1 atom stereocenters. The van der Waals surface area contributed by atoms with Crippen LogP contribution in [0.5, 0.6) is 5.75 Å². The van der Waals surface area contributed by atoms with Crippen LogP contribution in [0, 0.1) is 5.82 Å². The standard InChI is InChI=1S/C16H19FN2O3/c1-2-12(22-15-6-4-3-5-14(15)17)9-19-16(20)11-7-13(8-18)21-10-11/h3-7,10,12H,2,8-9,18H2,1H3,(H,19,20). The fourth-order valence-electron chi connectivity index (χ4n) is 1.90. The summed E-state index contributed by atoms with van der Waals surface area (Å²) in [7, 11) is 0. The summed E-state index contributed by atoms with van der Waals surface area (Å²) in [5.74, 6) is 0.0193. The highest BCUT2D eigenvalue weighted by atomic mass is 19.1. The molecule has 0 fully saturated rings. The number of hydrogen-bond acceptors (Lipinski definition) is 4. The Labute approximate surface area is 128 Å². The van der Waals surface area contributed by atoms with E-state index in [9.17, 15) is 9.18 Å². The van der Waals surface area contributed by atoms with Crippen molar-refractivity contribution in [1.82, 2.24) is 5.32 Å². The molecule has 6 heteroatoms. The summed E-state index contributed by atoms with van der Waals surface area (Å²) < 4.78 is 24.2. The molecule has 118 valence electrons. The maximum atomic E-state index is 13.6. The van der Waals surface area contributed by atoms with Gasteiger partial charge in [0.1, 0.15) is 18.1 Å². The number of benzene rings is 1. The summed E-state index contributed by atoms with van der Waals surface area (Å²) in [6.45, 7) is 2.41. The topological polar surface area (TPSA) is 77.5 Å². The van der Waals surface area contributed by atoms with Crippen molar-refractivity contribution in [2.45, 2.75) is 26.0 Å². The van der Waals surface area contributed by atoms with Crippen molar-refractivity contribution in [2.75, 3.05) is 6.54 Å². The van der Waals surface area contributed by atoms with E-state index in [4.69, 9.17) is 14.9 Å². The molecule has 2 rings (SSSR count). The Bertz CT molecular complexity index is 627. The van der Waals surface area contributed by atoms with E-state index >= 15 is 0 Å². The van der Waals surface area contributed by atoms with Gasteiger partial charge in [0.05, 0.1) is 18.7 Å². The molecule has 5 nitrogen and oxygen atoms in total. The van der Waals surface area contributed by atoms with E-state index in [0.29, 0.717) is 17.7 Å². The van der Waals surface area contributed by atoms with Crippen LogP contribution in [0.3, 0.4) is 0 Å². The number of hydrogen-bond donors (Lipinski definition) is 2. The van der Waals surface area contributed by atoms with Gasteiger partial charge in [0.15, 0.2) is 11.6 Å². The SMILES string of the molecule is CCC(CNC(=O)c1coc(CN)c1)Oc1ccccc1F. The predicted molar refractivity (Wildman–Crippen MR) is 80.0 cm³/mol. The lowest BCUT2D eigenvalue weighted by atomic mass is 10.2. The van der Waals surface area contributed by atoms with Crippen LogP contribution in [0.15, 0.2) is 41.0 Å². The minimum absolute atomic E-state index is 0.178. The van der Waals surface area contributed by atoms with Gasteiger partial charge < -0.3 is 20.2 Å². The zero-order valence-corrected chi connectivity index (χ0v) is 12.3. The molecule has 0 bridgehead atoms. The Hall–Kier alpha value is -2.34. The monoisotopic (exact) mass is 306 g/mol. The number of nitrogens with two attached hydrogens (primary N) is 1. The van der Waals surface area contributed by atoms with E-state index in [1.165, 1.54) is 12.3 Å². The summed E-state index contributed by atoms with van der Waals surface area (Å²) in [5.41, 5.74) is 5.83. The number of para-hydroxylation sites is 1. The number of halogens is 1. The highest BCUT2D eigenvalue weighted by Gasteiger charge is 2.14. The first kappa shape index (κ1) is 16.0. The van der Waals surface area contributed by atoms with Gasteiger partial charge in [-0.05, 0) is 24.6 Å². The number of carbonyl (C=O) groups is 1. The largest absolute Gasteiger partial charge is 0.486 e. The molecule has 1 amide bonds. The number of amides is 1. The first-order valence-electron chi connectivity index (χ1n) is 7.11. The molecular formula is C16H19FN2O3. The van der Waals surface area contributed by atoms with E-state index in [2.05, 4.69) is 5.32 Å². The van der Waals surface area contributed by atoms with Crippen LogP contribution in [-0.2, 0) is 6.54 Å². The van der Waals surface area contributed by atoms with Crippen molar-refractivity contribution >= 4 is 5.91 Å². The molecule has 0 spiro atoms. The number of carbonyl (C=O) groups excluding carboxylic acids is 1. The van der Waals surface area contributed by atoms with Crippen molar-refractivity contribution in [3.8, 4) is 5.75 Å². The summed E-state index contributed by atoms with van der Waals surface area (Å²) >= 11 is 0. The van der Waals surface area contributed by atoms with Crippen molar-refractivity contribution < 1.29 is 18.3 Å². The number of rotatable bonds is 7. The molecule has 1 aromatic carbocycles. The van der Waals surface area contributed by atoms with Gasteiger partial charge in [-0.15, -0.1) is 0 Å². The van der Waals surface area contributed by atoms with Crippen molar-refractivity contribution in [3.05, 3.63) is 53.7 Å². The Balaban J connectivity index is 1.90. The molecule has 1 aromatic heterocycles. The average Bonchev–Trinajstić information content (AvgIpc) is 3.02. The second-order valence-corrected chi connectivity index (χ2v) is 4.79. The number of nitrogens with one attached hydrogen (secondary N) is 1. The van der Waals surface area contributed by atoms with Crippen LogP contribution in [0.25, 0.3) is 0 Å². The molecular weight excluding hydrogens is 287 g/mol. The van der Waals surface area contributed by atoms with Crippen molar-refractivity contribution in [3.63, 3.8) is 0 Å². The normalized spacial score (nSPS) is 12.0. The lowest BCUT2D eigenvalue weighted by molar-refractivity contribution is 0.0924. The molecule has 0 saturated heterocycles. The molecule has 0 aliphatic carbocycles. The first-order valence-corrected chi connectivity index (χ1v) is 7.11. The second kappa shape index (κ2) is 7.61. The fraction of sp³-hybridized carbons (Fsp3) is 0.312. The molecule has 1 unspecified atom stereocenters. The summed E-state index contributed by atoms with van der Waals surface area (Å²) in [6.07, 6.45) is 1.67. The molecule has 3 N–H and O–H groups in total. The van der Waals surface area contributed by atoms with Gasteiger partial charge in [-0.2, -0.15) is 0 Å². The predicted octanol–water partition coefficient (Wildman–Crippen LogP) is 2.46. The summed E-state index contributed by atoms with van der Waals surface area (Å²) in [5, 5.41) is 2.74. The maximum Gasteiger partial charge on any atom is 0.254 e. The smallest absolute Gasteiger partial charge is 0.254 e. The minimum Gasteiger partial charge on any atom is -0.486 e. The molecule has 0 aliphatic rings. The van der Waals surface area contributed by atoms with Crippen molar-refractivity contribution in [1.29, 1.82) is 0 Å². The third kappa shape index (κ3) is 4.08. The number of furan rings is 1. The molecule has 0 saturated carbocycles. The third-order valence-electron chi connectivity index (χ3n) is 3.19. The van der Waals surface area contributed by atoms with E-state index in [1.807, 2.05) is 6.92 Å².